The average Bonchev–Trinajstić information content (AvgIpc) is 1.62. The second-order valence-electron chi connectivity index (χ2n) is 37.3. The number of cyclic esters (lactones) is 1. The molecule has 0 unspecified atom stereocenters. The van der Waals surface area contributed by atoms with Gasteiger partial charge in [0, 0.05) is 178 Å². The van der Waals surface area contributed by atoms with Crippen LogP contribution in [0.25, 0.3) is 33.4 Å². The number of piperazine rings is 2. The van der Waals surface area contributed by atoms with Crippen molar-refractivity contribution in [3.63, 3.8) is 0 Å². The lowest BCUT2D eigenvalue weighted by molar-refractivity contribution is -0.245. The van der Waals surface area contributed by atoms with E-state index in [0.29, 0.717) is 206 Å². The Morgan fingerprint density at radius 2 is 1.46 bits per heavy atom. The molecule has 11 heterocycles. The Bertz CT molecular complexity index is 5510. The summed E-state index contributed by atoms with van der Waals surface area (Å²) in [6, 6.07) is 9.79. The minimum Gasteiger partial charge on any atom is -0.476 e. The van der Waals surface area contributed by atoms with E-state index >= 15 is 0 Å². The fourth-order valence-corrected chi connectivity index (χ4v) is 19.2. The number of carbonyl (C=O) groups is 8. The quantitative estimate of drug-likeness (QED) is 0.00846. The Hall–Kier alpha value is -11.9. The summed E-state index contributed by atoms with van der Waals surface area (Å²) in [7, 11) is 1.55. The summed E-state index contributed by atoms with van der Waals surface area (Å²) >= 11 is 0. The summed E-state index contributed by atoms with van der Waals surface area (Å²) in [5.74, 6) is -6.58. The van der Waals surface area contributed by atoms with Crippen molar-refractivity contribution in [1.29, 1.82) is 0 Å². The number of esters is 1. The van der Waals surface area contributed by atoms with Crippen LogP contribution in [0.3, 0.4) is 0 Å². The Morgan fingerprint density at radius 1 is 0.730 bits per heavy atom. The van der Waals surface area contributed by atoms with Gasteiger partial charge < -0.3 is 100 Å². The van der Waals surface area contributed by atoms with Crippen molar-refractivity contribution < 1.29 is 86.5 Å². The predicted molar refractivity (Wildman–Crippen MR) is 510 cm³/mol. The third-order valence-corrected chi connectivity index (χ3v) is 27.3. The first-order valence-corrected chi connectivity index (χ1v) is 48.1. The molecule has 2 aromatic carbocycles. The molecule has 1 aliphatic carbocycles. The molecule has 38 heteroatoms. The zero-order valence-corrected chi connectivity index (χ0v) is 79.3. The second-order valence-corrected chi connectivity index (χ2v) is 37.3. The molecule has 137 heavy (non-hydrogen) atoms. The zero-order chi connectivity index (χ0) is 97.0. The highest BCUT2D eigenvalue weighted by molar-refractivity contribution is 6.39. The number of fused-ring (bicyclic) bond motifs is 6. The lowest BCUT2D eigenvalue weighted by Crippen LogP contribution is -2.58. The number of benzene rings is 2. The number of nitrogens with one attached hydrogen (secondary N) is 2. The number of rotatable bonds is 27. The maximum Gasteiger partial charge on any atom is 0.329 e. The number of carbonyl (C=O) groups excluding carboxylic acids is 8. The molecule has 14 rings (SSSR count). The minimum absolute atomic E-state index is 0.0241. The van der Waals surface area contributed by atoms with Crippen LogP contribution in [-0.2, 0) is 88.0 Å². The maximum atomic E-state index is 14.6. The number of nitrogen functional groups attached to an aromatic ring is 2. The third-order valence-electron chi connectivity index (χ3n) is 27.3. The number of Topliss-reactive ketones (excluding diaryl/α,β-unsaturated/α-hetero) is 3. The van der Waals surface area contributed by atoms with Crippen LogP contribution >= 0.6 is 0 Å². The molecule has 4 saturated heterocycles. The van der Waals surface area contributed by atoms with Crippen LogP contribution in [0.5, 0.6) is 0 Å². The van der Waals surface area contributed by atoms with Crippen molar-refractivity contribution >= 4 is 92.8 Å². The number of methoxy groups -OCH3 is 1. The first-order chi connectivity index (χ1) is 66.0. The molecule has 6 aliphatic heterocycles. The summed E-state index contributed by atoms with van der Waals surface area (Å²) < 4.78 is 43.4. The van der Waals surface area contributed by atoms with Gasteiger partial charge in [0.1, 0.15) is 59.6 Å². The van der Waals surface area contributed by atoms with E-state index in [9.17, 15) is 53.7 Å². The predicted octanol–water partition coefficient (Wildman–Crippen LogP) is 6.97. The van der Waals surface area contributed by atoms with Gasteiger partial charge in [-0.05, 0) is 155 Å². The number of anilines is 4. The molecule has 7 aromatic rings. The van der Waals surface area contributed by atoms with Crippen LogP contribution in [-0.4, -0.2) is 293 Å². The monoisotopic (exact) mass is 1890 g/mol. The molecule has 11 atom stereocenters. The van der Waals surface area contributed by atoms with Gasteiger partial charge in [-0.15, -0.1) is 0 Å². The van der Waals surface area contributed by atoms with Crippen LogP contribution in [0.1, 0.15) is 170 Å². The molecular weight excluding hydrogens is 1760 g/mol. The molecule has 736 valence electrons. The normalized spacial score (nSPS) is 26.2. The van der Waals surface area contributed by atoms with Crippen LogP contribution in [0.2, 0.25) is 0 Å². The molecule has 2 bridgehead atoms. The molecule has 1 saturated carbocycles. The number of nitrogens with zero attached hydrogens (tertiary/aromatic N) is 15. The number of allylic oxidation sites excluding steroid dienone is 6. The van der Waals surface area contributed by atoms with Crippen molar-refractivity contribution in [2.45, 2.75) is 218 Å². The van der Waals surface area contributed by atoms with Crippen LogP contribution in [0, 0.1) is 23.7 Å². The maximum absolute atomic E-state index is 14.6. The highest BCUT2D eigenvalue weighted by Gasteiger charge is 2.50. The minimum atomic E-state index is -2.45. The lowest BCUT2D eigenvalue weighted by Gasteiger charge is -2.40. The average molecular weight is 1890 g/mol. The first-order valence-electron chi connectivity index (χ1n) is 48.1. The Morgan fingerprint density at radius 3 is 2.21 bits per heavy atom. The summed E-state index contributed by atoms with van der Waals surface area (Å²) in [4.78, 5) is 154. The van der Waals surface area contributed by atoms with Gasteiger partial charge in [-0.2, -0.15) is 10.1 Å². The number of ketones is 3. The topological polar surface area (TPSA) is 495 Å². The second kappa shape index (κ2) is 47.5. The van der Waals surface area contributed by atoms with Crippen molar-refractivity contribution in [2.75, 3.05) is 133 Å². The molecule has 0 spiro atoms. The van der Waals surface area contributed by atoms with E-state index in [1.54, 1.807) is 51.8 Å². The largest absolute Gasteiger partial charge is 0.476 e. The smallest absolute Gasteiger partial charge is 0.329 e. The van der Waals surface area contributed by atoms with E-state index in [0.717, 1.165) is 57.9 Å². The Kier molecular flexibility index (Phi) is 35.0. The van der Waals surface area contributed by atoms with Gasteiger partial charge in [0.05, 0.1) is 62.6 Å². The van der Waals surface area contributed by atoms with Gasteiger partial charge in [-0.3, -0.25) is 38.5 Å². The van der Waals surface area contributed by atoms with Gasteiger partial charge in [0.25, 0.3) is 23.6 Å². The van der Waals surface area contributed by atoms with E-state index in [1.807, 2.05) is 75.7 Å². The van der Waals surface area contributed by atoms with Crippen LogP contribution < -0.4 is 37.6 Å². The SMILES string of the molecule is C=C(NCCOCCC(=O)NCc1cnc(N2CCN(C(=O)CCOCCN3CCN(c4ncc(C(=O)N5CCc6cc(Cn7nc(-c8ccc9oc(N)nc9c8)c8c(N)ncnc87)ccc6C5)cn4)CC3)CC2)nc1)OC1CCC(C[C@@H](N)[C@@H]2CC(=O)[C@H](C)/C=C(\C)[C@@H](O)[C@@H](O)C(=O)[C@H](C)C[C@H](C)/C=C/C=C/C=C(\C)[C@@H](OC)C[C@@H]3CCC[C@@](O)(O3)C(=O)C(=O)N3CCCC[C@H]3C(=O)O2)CC1. The zero-order valence-electron chi connectivity index (χ0n) is 79.3. The number of amides is 4. The van der Waals surface area contributed by atoms with E-state index < -0.39 is 89.5 Å². The Balaban J connectivity index is 0.449. The fourth-order valence-electron chi connectivity index (χ4n) is 19.2. The number of nitrogens with two attached hydrogens (primary N) is 3. The highest BCUT2D eigenvalue weighted by Crippen LogP contribution is 2.38. The fraction of sp³-hybridized carbons (Fsp3) is 0.556. The van der Waals surface area contributed by atoms with E-state index in [4.69, 9.17) is 55.1 Å². The van der Waals surface area contributed by atoms with Gasteiger partial charge >= 0.3 is 5.97 Å². The van der Waals surface area contributed by atoms with Gasteiger partial charge in [-0.25, -0.2) is 39.4 Å². The number of ether oxygens (including phenoxy) is 6. The molecule has 5 fully saturated rings. The number of piperidine rings is 1. The number of aromatic nitrogens is 9. The summed E-state index contributed by atoms with van der Waals surface area (Å²) in [6.07, 6.45) is 19.3. The van der Waals surface area contributed by atoms with Crippen molar-refractivity contribution in [3.8, 4) is 11.3 Å². The lowest BCUT2D eigenvalue weighted by atomic mass is 9.81. The highest BCUT2D eigenvalue weighted by atomic mass is 16.6. The molecule has 11 N–H and O–H groups in total. The molecule has 38 nitrogen and oxygen atoms in total. The van der Waals surface area contributed by atoms with Gasteiger partial charge in [-0.1, -0.05) is 75.4 Å². The van der Waals surface area contributed by atoms with Crippen LogP contribution in [0.4, 0.5) is 23.7 Å². The number of oxazole rings is 1. The van der Waals surface area contributed by atoms with E-state index in [1.165, 1.54) is 19.3 Å². The molecule has 7 aliphatic rings. The number of aliphatic hydroxyl groups is 3. The standard InChI is InChI=1S/C99H132N20O18/c1-61-14-9-8-10-15-62(2)81(131-7)51-75-16-13-29-99(130,137-75)90(126)94(128)118-31-12-11-17-78(118)95(129)135-82(52-79(120)63(3)47-65(5)88(124)89(125)87(123)64(4)46-61)76(100)49-67-19-23-74(24-20-67)134-66(6)103-30-44-132-42-27-83(121)104-53-69-54-105-97(106-55-69)116-39-37-114(38-40-116)84(122)28-43-133-45-41-113-33-35-115(36-34-113)98-107-56-73(57-108-98)93(127)117-32-26-70-48-68(18-21-72(70)59-117)58-119-92-85(91(101)109-60-110-92)86(112-119)71-22-25-80-77(50-71)111-96(102)136-80/h8-10,14-15,18,21-22,25,47-48,50,54-57,60-61,63-64,67,74-76,78,81-82,88-89,103,124-125,130H,6,11-13,16-17,19-20,23-24,26-46,49,51-53,58-59,100H2,1-5,7H3,(H2,102,111)(H,104,121)(H2,101,109,110)/b10-8+,14-9+,62-15+,65-47+/t61-,63-,64-,67?,74?,75+,76-,78+,81+,82+,88-,89+,99-/m1/s1. The molecule has 4 amide bonds. The summed E-state index contributed by atoms with van der Waals surface area (Å²) in [6.45, 7) is 22.0. The molecule has 5 aromatic heterocycles. The first kappa shape index (κ1) is 101. The van der Waals surface area contributed by atoms with Crippen LogP contribution in [0.15, 0.2) is 132 Å². The summed E-state index contributed by atoms with van der Waals surface area (Å²) in [5, 5.41) is 46.0. The van der Waals surface area contributed by atoms with Gasteiger partial charge in [0.15, 0.2) is 22.9 Å². The number of hydrogen-bond acceptors (Lipinski definition) is 33. The van der Waals surface area contributed by atoms with Crippen molar-refractivity contribution in [3.05, 3.63) is 155 Å². The Labute approximate surface area is 797 Å². The molecular formula is C99H132N20O18. The van der Waals surface area contributed by atoms with Crippen molar-refractivity contribution in [2.24, 2.45) is 29.4 Å². The number of aliphatic hydroxyl groups excluding tert-OH is 2. The number of hydrogen-bond donors (Lipinski definition) is 8. The molecule has 0 radical (unpaired) electrons. The summed E-state index contributed by atoms with van der Waals surface area (Å²) in [5.41, 5.74) is 27.9. The van der Waals surface area contributed by atoms with Crippen molar-refractivity contribution in [1.82, 2.24) is 74.9 Å². The van der Waals surface area contributed by atoms with E-state index in [-0.39, 0.29) is 112 Å². The van der Waals surface area contributed by atoms with Gasteiger partial charge in [0.2, 0.25) is 29.5 Å². The van der Waals surface area contributed by atoms with E-state index in [2.05, 4.69) is 80.1 Å². The third kappa shape index (κ3) is 26.5.